The van der Waals surface area contributed by atoms with E-state index < -0.39 is 15.7 Å². The van der Waals surface area contributed by atoms with Crippen LogP contribution in [0.15, 0.2) is 24.3 Å². The Morgan fingerprint density at radius 1 is 1.38 bits per heavy atom. The zero-order chi connectivity index (χ0) is 17.4. The minimum absolute atomic E-state index is 0.334. The number of halogens is 2. The number of hydrogen-bond acceptors (Lipinski definition) is 5. The third-order valence-corrected chi connectivity index (χ3v) is 6.24. The van der Waals surface area contributed by atoms with Gasteiger partial charge >= 0.3 is 5.97 Å². The van der Waals surface area contributed by atoms with Crippen LogP contribution in [-0.2, 0) is 20.7 Å². The molecule has 0 bridgehead atoms. The Morgan fingerprint density at radius 2 is 2.08 bits per heavy atom. The first kappa shape index (κ1) is 17.5. The van der Waals surface area contributed by atoms with Crippen LogP contribution in [0.5, 0.6) is 0 Å². The van der Waals surface area contributed by atoms with E-state index in [4.69, 9.17) is 27.9 Å². The maximum Gasteiger partial charge on any atom is 0.315 e. The predicted octanol–water partition coefficient (Wildman–Crippen LogP) is 3.08. The van der Waals surface area contributed by atoms with Gasteiger partial charge in [0, 0.05) is 19.4 Å². The molecular formula is C16H16Cl2N2O3S. The smallest absolute Gasteiger partial charge is 0.315 e. The van der Waals surface area contributed by atoms with Crippen LogP contribution in [0.1, 0.15) is 18.4 Å². The van der Waals surface area contributed by atoms with Gasteiger partial charge in [-0.1, -0.05) is 12.1 Å². The summed E-state index contributed by atoms with van der Waals surface area (Å²) in [5.74, 6) is -0.905. The number of benzene rings is 1. The topological polar surface area (TPSA) is 68.3 Å². The Balaban J connectivity index is 1.40. The summed E-state index contributed by atoms with van der Waals surface area (Å²) < 4.78 is 5.02. The quantitative estimate of drug-likeness (QED) is 0.611. The number of esters is 1. The summed E-state index contributed by atoms with van der Waals surface area (Å²) in [5, 5.41) is 3.66. The van der Waals surface area contributed by atoms with Gasteiger partial charge < -0.3 is 10.1 Å². The maximum absolute atomic E-state index is 11.9. The second kappa shape index (κ2) is 6.50. The molecule has 1 unspecified atom stereocenters. The van der Waals surface area contributed by atoms with Gasteiger partial charge in [-0.25, -0.2) is 4.98 Å². The van der Waals surface area contributed by atoms with Crippen molar-refractivity contribution in [2.45, 2.75) is 24.1 Å². The van der Waals surface area contributed by atoms with Crippen LogP contribution in [0.3, 0.4) is 0 Å². The molecular weight excluding hydrogens is 371 g/mol. The number of carbonyl (C=O) groups excluding carboxylic acids is 2. The third-order valence-electron chi connectivity index (χ3n) is 4.04. The van der Waals surface area contributed by atoms with E-state index in [9.17, 15) is 9.59 Å². The minimum atomic E-state index is -1.09. The van der Waals surface area contributed by atoms with Crippen molar-refractivity contribution in [2.75, 3.05) is 13.2 Å². The largest absolute Gasteiger partial charge is 0.455 e. The van der Waals surface area contributed by atoms with Crippen LogP contribution in [0, 0.1) is 5.41 Å². The molecule has 8 heteroatoms. The summed E-state index contributed by atoms with van der Waals surface area (Å²) in [6.07, 6.45) is 0.963. The molecule has 1 amide bonds. The molecule has 3 rings (SSSR count). The molecule has 1 aromatic carbocycles. The molecule has 0 aliphatic heterocycles. The fourth-order valence-corrected chi connectivity index (χ4v) is 3.95. The standard InChI is InChI=1S/C16H16Cl2N2O3S/c1-15(9-16(15,17)18)14(22)23-8-12(21)19-7-6-13-20-10-4-2-3-5-11(10)24-13/h2-5H,6-9H2,1H3,(H,19,21). The zero-order valence-electron chi connectivity index (χ0n) is 13.0. The van der Waals surface area contributed by atoms with Crippen LogP contribution >= 0.6 is 34.5 Å². The van der Waals surface area contributed by atoms with Gasteiger partial charge in [-0.3, -0.25) is 9.59 Å². The Morgan fingerprint density at radius 3 is 2.75 bits per heavy atom. The number of nitrogens with zero attached hydrogens (tertiary/aromatic N) is 1. The molecule has 1 heterocycles. The van der Waals surface area contributed by atoms with Crippen LogP contribution in [-0.4, -0.2) is 34.3 Å². The van der Waals surface area contributed by atoms with Crippen molar-refractivity contribution in [3.63, 3.8) is 0 Å². The highest BCUT2D eigenvalue weighted by molar-refractivity contribution is 7.18. The molecule has 1 aliphatic rings. The lowest BCUT2D eigenvalue weighted by Gasteiger charge is -2.11. The fourth-order valence-electron chi connectivity index (χ4n) is 2.30. The van der Waals surface area contributed by atoms with E-state index in [1.54, 1.807) is 18.3 Å². The van der Waals surface area contributed by atoms with Crippen molar-refractivity contribution in [1.82, 2.24) is 10.3 Å². The van der Waals surface area contributed by atoms with Crippen molar-refractivity contribution < 1.29 is 14.3 Å². The molecule has 1 saturated carbocycles. The molecule has 128 valence electrons. The van der Waals surface area contributed by atoms with E-state index >= 15 is 0 Å². The molecule has 1 fully saturated rings. The number of fused-ring (bicyclic) bond motifs is 1. The molecule has 1 N–H and O–H groups in total. The predicted molar refractivity (Wildman–Crippen MR) is 94.5 cm³/mol. The highest BCUT2D eigenvalue weighted by Crippen LogP contribution is 2.64. The molecule has 2 aromatic rings. The zero-order valence-corrected chi connectivity index (χ0v) is 15.3. The van der Waals surface area contributed by atoms with Gasteiger partial charge in [-0.15, -0.1) is 34.5 Å². The van der Waals surface area contributed by atoms with Crippen LogP contribution in [0.25, 0.3) is 10.2 Å². The number of carbonyl (C=O) groups is 2. The molecule has 24 heavy (non-hydrogen) atoms. The average molecular weight is 387 g/mol. The summed E-state index contributed by atoms with van der Waals surface area (Å²) in [7, 11) is 0. The van der Waals surface area contributed by atoms with Gasteiger partial charge in [0.05, 0.1) is 15.2 Å². The van der Waals surface area contributed by atoms with Crippen molar-refractivity contribution in [3.8, 4) is 0 Å². The lowest BCUT2D eigenvalue weighted by atomic mass is 10.1. The molecule has 1 aliphatic carbocycles. The van der Waals surface area contributed by atoms with Crippen molar-refractivity contribution in [3.05, 3.63) is 29.3 Å². The van der Waals surface area contributed by atoms with Gasteiger partial charge in [-0.05, 0) is 19.1 Å². The average Bonchev–Trinajstić information content (AvgIpc) is 2.89. The number of rotatable bonds is 6. The van der Waals surface area contributed by atoms with Gasteiger partial charge in [0.1, 0.15) is 9.75 Å². The van der Waals surface area contributed by atoms with Gasteiger partial charge in [-0.2, -0.15) is 0 Å². The van der Waals surface area contributed by atoms with E-state index in [1.807, 2.05) is 24.3 Å². The number of alkyl halides is 2. The summed E-state index contributed by atoms with van der Waals surface area (Å²) in [4.78, 5) is 28.1. The Labute approximate surface area is 153 Å². The lowest BCUT2D eigenvalue weighted by molar-refractivity contribution is -0.153. The Kier molecular flexibility index (Phi) is 4.73. The molecule has 0 spiro atoms. The van der Waals surface area contributed by atoms with Crippen LogP contribution < -0.4 is 5.32 Å². The number of ether oxygens (including phenoxy) is 1. The van der Waals surface area contributed by atoms with E-state index in [0.29, 0.717) is 19.4 Å². The second-order valence-corrected chi connectivity index (χ2v) is 8.56. The monoisotopic (exact) mass is 386 g/mol. The van der Waals surface area contributed by atoms with E-state index in [1.165, 1.54) is 0 Å². The summed E-state index contributed by atoms with van der Waals surface area (Å²) >= 11 is 13.4. The number of hydrogen-bond donors (Lipinski definition) is 1. The Hall–Kier alpha value is -1.37. The maximum atomic E-state index is 11.9. The summed E-state index contributed by atoms with van der Waals surface area (Å²) in [5.41, 5.74) is 0.0401. The van der Waals surface area contributed by atoms with E-state index in [0.717, 1.165) is 15.2 Å². The second-order valence-electron chi connectivity index (χ2n) is 5.96. The highest BCUT2D eigenvalue weighted by atomic mass is 35.5. The lowest BCUT2D eigenvalue weighted by Crippen LogP contribution is -2.32. The number of thiazole rings is 1. The number of amides is 1. The normalized spacial score (nSPS) is 21.5. The van der Waals surface area contributed by atoms with Crippen LogP contribution in [0.2, 0.25) is 0 Å². The minimum Gasteiger partial charge on any atom is -0.455 e. The number of nitrogens with one attached hydrogen (secondary N) is 1. The molecule has 0 radical (unpaired) electrons. The van der Waals surface area contributed by atoms with Crippen molar-refractivity contribution >= 4 is 56.6 Å². The van der Waals surface area contributed by atoms with E-state index in [-0.39, 0.29) is 12.5 Å². The number of para-hydroxylation sites is 1. The first-order chi connectivity index (χ1) is 11.3. The molecule has 1 aromatic heterocycles. The highest BCUT2D eigenvalue weighted by Gasteiger charge is 2.69. The van der Waals surface area contributed by atoms with Crippen molar-refractivity contribution in [2.24, 2.45) is 5.41 Å². The Bertz CT molecular complexity index is 759. The van der Waals surface area contributed by atoms with Gasteiger partial charge in [0.2, 0.25) is 0 Å². The SMILES string of the molecule is CC1(C(=O)OCC(=O)NCCc2nc3ccccc3s2)CC1(Cl)Cl. The van der Waals surface area contributed by atoms with Crippen LogP contribution in [0.4, 0.5) is 0 Å². The third kappa shape index (κ3) is 3.50. The molecule has 5 nitrogen and oxygen atoms in total. The van der Waals surface area contributed by atoms with Gasteiger partial charge in [0.15, 0.2) is 6.61 Å². The molecule has 0 saturated heterocycles. The van der Waals surface area contributed by atoms with E-state index in [2.05, 4.69) is 10.3 Å². The number of aromatic nitrogens is 1. The first-order valence-electron chi connectivity index (χ1n) is 7.48. The van der Waals surface area contributed by atoms with Gasteiger partial charge in [0.25, 0.3) is 5.91 Å². The fraction of sp³-hybridized carbons (Fsp3) is 0.438. The van der Waals surface area contributed by atoms with Crippen molar-refractivity contribution in [1.29, 1.82) is 0 Å². The summed E-state index contributed by atoms with van der Waals surface area (Å²) in [6.45, 7) is 1.72. The first-order valence-corrected chi connectivity index (χ1v) is 9.05. The summed E-state index contributed by atoms with van der Waals surface area (Å²) in [6, 6.07) is 7.89. The molecule has 1 atom stereocenters.